The smallest absolute Gasteiger partial charge is 0.207 e. The van der Waals surface area contributed by atoms with Gasteiger partial charge in [0.05, 0.1) is 4.90 Å². The summed E-state index contributed by atoms with van der Waals surface area (Å²) >= 11 is 3.51. The zero-order valence-electron chi connectivity index (χ0n) is 14.2. The van der Waals surface area contributed by atoms with E-state index in [0.717, 1.165) is 15.6 Å². The van der Waals surface area contributed by atoms with Crippen molar-refractivity contribution in [3.05, 3.63) is 82.9 Å². The summed E-state index contributed by atoms with van der Waals surface area (Å²) < 4.78 is 28.2. The highest BCUT2D eigenvalue weighted by atomic mass is 79.9. The van der Waals surface area contributed by atoms with Crippen LogP contribution in [0.2, 0.25) is 0 Å². The second kappa shape index (κ2) is 9.13. The monoisotopic (exact) mass is 419 g/mol. The van der Waals surface area contributed by atoms with Crippen molar-refractivity contribution in [1.82, 2.24) is 4.31 Å². The van der Waals surface area contributed by atoms with Crippen molar-refractivity contribution < 1.29 is 8.42 Å². The Labute approximate surface area is 158 Å². The fourth-order valence-electron chi connectivity index (χ4n) is 2.32. The lowest BCUT2D eigenvalue weighted by molar-refractivity contribution is 0.447. The quantitative estimate of drug-likeness (QED) is 0.564. The normalized spacial score (nSPS) is 12.4. The van der Waals surface area contributed by atoms with Crippen LogP contribution in [0.25, 0.3) is 6.08 Å². The Bertz CT molecular complexity index is 828. The van der Waals surface area contributed by atoms with Crippen LogP contribution in [-0.4, -0.2) is 25.8 Å². The van der Waals surface area contributed by atoms with Crippen LogP contribution in [-0.2, 0) is 10.0 Å². The molecule has 0 aliphatic heterocycles. The molecule has 2 aromatic rings. The van der Waals surface area contributed by atoms with Crippen molar-refractivity contribution in [3.63, 3.8) is 0 Å². The summed E-state index contributed by atoms with van der Waals surface area (Å²) in [5.74, 6) is 0. The van der Waals surface area contributed by atoms with Crippen LogP contribution in [0.3, 0.4) is 0 Å². The van der Waals surface area contributed by atoms with Gasteiger partial charge in [-0.2, -0.15) is 4.31 Å². The number of nitrogens with zero attached hydrogens (tertiary/aromatic N) is 1. The lowest BCUT2D eigenvalue weighted by Crippen LogP contribution is -2.33. The van der Waals surface area contributed by atoms with Crippen molar-refractivity contribution in [2.75, 3.05) is 13.1 Å². The van der Waals surface area contributed by atoms with E-state index in [1.54, 1.807) is 18.2 Å². The Morgan fingerprint density at radius 1 is 1.12 bits per heavy atom. The summed E-state index contributed by atoms with van der Waals surface area (Å²) in [6.45, 7) is 6.30. The third-order valence-electron chi connectivity index (χ3n) is 3.69. The van der Waals surface area contributed by atoms with Gasteiger partial charge in [0.1, 0.15) is 0 Å². The van der Waals surface area contributed by atoms with Gasteiger partial charge in [-0.1, -0.05) is 70.0 Å². The molecule has 0 aliphatic carbocycles. The molecule has 5 heteroatoms. The van der Waals surface area contributed by atoms with Crippen molar-refractivity contribution in [2.45, 2.75) is 18.2 Å². The number of benzene rings is 2. The summed E-state index contributed by atoms with van der Waals surface area (Å²) in [5.41, 5.74) is 2.05. The van der Waals surface area contributed by atoms with E-state index >= 15 is 0 Å². The Morgan fingerprint density at radius 2 is 1.76 bits per heavy atom. The van der Waals surface area contributed by atoms with Crippen LogP contribution in [0.1, 0.15) is 17.5 Å². The van der Waals surface area contributed by atoms with Gasteiger partial charge in [-0.3, -0.25) is 0 Å². The highest BCUT2D eigenvalue weighted by molar-refractivity contribution is 9.11. The fraction of sp³-hybridized carbons (Fsp3) is 0.200. The molecule has 0 spiro atoms. The van der Waals surface area contributed by atoms with Crippen LogP contribution in [0, 0.1) is 6.92 Å². The molecule has 0 saturated heterocycles. The maximum absolute atomic E-state index is 13.0. The number of sulfonamides is 1. The van der Waals surface area contributed by atoms with E-state index in [0.29, 0.717) is 17.9 Å². The minimum absolute atomic E-state index is 0.277. The highest BCUT2D eigenvalue weighted by Crippen LogP contribution is 2.21. The molecule has 0 amide bonds. The molecule has 2 aromatic carbocycles. The first-order chi connectivity index (χ1) is 11.9. The number of hydrogen-bond donors (Lipinski definition) is 0. The predicted molar refractivity (Wildman–Crippen MR) is 108 cm³/mol. The van der Waals surface area contributed by atoms with E-state index in [1.165, 1.54) is 4.31 Å². The predicted octanol–water partition coefficient (Wildman–Crippen LogP) is 5.00. The van der Waals surface area contributed by atoms with Crippen molar-refractivity contribution in [2.24, 2.45) is 0 Å². The van der Waals surface area contributed by atoms with E-state index in [-0.39, 0.29) is 6.54 Å². The summed E-state index contributed by atoms with van der Waals surface area (Å²) in [7, 11) is -3.56. The van der Waals surface area contributed by atoms with Crippen molar-refractivity contribution in [3.8, 4) is 0 Å². The summed E-state index contributed by atoms with van der Waals surface area (Å²) in [4.78, 5) is 0.308. The number of rotatable bonds is 8. The van der Waals surface area contributed by atoms with Crippen molar-refractivity contribution in [1.29, 1.82) is 0 Å². The zero-order valence-corrected chi connectivity index (χ0v) is 16.6. The molecule has 0 saturated carbocycles. The molecule has 0 unspecified atom stereocenters. The molecule has 0 aliphatic rings. The molecular weight excluding hydrogens is 398 g/mol. The molecule has 25 heavy (non-hydrogen) atoms. The van der Waals surface area contributed by atoms with Crippen LogP contribution in [0.5, 0.6) is 0 Å². The summed E-state index contributed by atoms with van der Waals surface area (Å²) in [6, 6.07) is 16.7. The van der Waals surface area contributed by atoms with Gasteiger partial charge in [-0.05, 0) is 37.1 Å². The van der Waals surface area contributed by atoms with Crippen molar-refractivity contribution >= 4 is 32.0 Å². The highest BCUT2D eigenvalue weighted by Gasteiger charge is 2.24. The third kappa shape index (κ3) is 5.66. The topological polar surface area (TPSA) is 37.4 Å². The first-order valence-electron chi connectivity index (χ1n) is 8.02. The molecule has 2 rings (SSSR count). The SMILES string of the molecule is C=CCCN(C/C(Br)=C/c1ccccc1)S(=O)(=O)c1ccc(C)cc1. The number of halogens is 1. The molecule has 3 nitrogen and oxygen atoms in total. The third-order valence-corrected chi connectivity index (χ3v) is 6.03. The number of aryl methyl sites for hydroxylation is 1. The number of hydrogen-bond acceptors (Lipinski definition) is 2. The average molecular weight is 420 g/mol. The van der Waals surface area contributed by atoms with Crippen LogP contribution in [0.4, 0.5) is 0 Å². The Hall–Kier alpha value is -1.69. The van der Waals surface area contributed by atoms with Crippen LogP contribution < -0.4 is 0 Å². The maximum atomic E-state index is 13.0. The largest absolute Gasteiger partial charge is 0.243 e. The van der Waals surface area contributed by atoms with Gasteiger partial charge in [-0.25, -0.2) is 8.42 Å². The van der Waals surface area contributed by atoms with Gasteiger partial charge in [0.15, 0.2) is 0 Å². The Morgan fingerprint density at radius 3 is 2.36 bits per heavy atom. The molecule has 0 heterocycles. The molecule has 0 N–H and O–H groups in total. The molecular formula is C20H22BrNO2S. The first kappa shape index (κ1) is 19.6. The minimum atomic E-state index is -3.56. The van der Waals surface area contributed by atoms with E-state index in [4.69, 9.17) is 0 Å². The lowest BCUT2D eigenvalue weighted by Gasteiger charge is -2.21. The maximum Gasteiger partial charge on any atom is 0.243 e. The summed E-state index contributed by atoms with van der Waals surface area (Å²) in [5, 5.41) is 0. The second-order valence-electron chi connectivity index (χ2n) is 5.73. The van der Waals surface area contributed by atoms with E-state index in [9.17, 15) is 8.42 Å². The minimum Gasteiger partial charge on any atom is -0.207 e. The Kier molecular flexibility index (Phi) is 7.17. The van der Waals surface area contributed by atoms with Gasteiger partial charge < -0.3 is 0 Å². The van der Waals surface area contributed by atoms with Gasteiger partial charge in [0, 0.05) is 17.6 Å². The standard InChI is InChI=1S/C20H22BrNO2S/c1-3-4-14-22(16-19(21)15-18-8-6-5-7-9-18)25(23,24)20-12-10-17(2)11-13-20/h3,5-13,15H,1,4,14,16H2,2H3/b19-15-. The first-order valence-corrected chi connectivity index (χ1v) is 10.3. The summed E-state index contributed by atoms with van der Waals surface area (Å²) in [6.07, 6.45) is 4.26. The van der Waals surface area contributed by atoms with Gasteiger partial charge in [0.25, 0.3) is 0 Å². The fourth-order valence-corrected chi connectivity index (χ4v) is 4.49. The van der Waals surface area contributed by atoms with E-state index in [2.05, 4.69) is 22.5 Å². The van der Waals surface area contributed by atoms with Gasteiger partial charge in [0.2, 0.25) is 10.0 Å². The van der Waals surface area contributed by atoms with E-state index < -0.39 is 10.0 Å². The Balaban J connectivity index is 2.27. The van der Waals surface area contributed by atoms with Gasteiger partial charge in [-0.15, -0.1) is 6.58 Å². The van der Waals surface area contributed by atoms with Crippen LogP contribution >= 0.6 is 15.9 Å². The molecule has 0 radical (unpaired) electrons. The second-order valence-corrected chi connectivity index (χ2v) is 8.69. The lowest BCUT2D eigenvalue weighted by atomic mass is 10.2. The molecule has 0 aromatic heterocycles. The molecule has 0 bridgehead atoms. The van der Waals surface area contributed by atoms with Gasteiger partial charge >= 0.3 is 0 Å². The molecule has 0 atom stereocenters. The van der Waals surface area contributed by atoms with Crippen LogP contribution in [0.15, 0.2) is 76.6 Å². The van der Waals surface area contributed by atoms with E-state index in [1.807, 2.05) is 55.5 Å². The molecule has 132 valence electrons. The molecule has 0 fully saturated rings. The average Bonchev–Trinajstić information content (AvgIpc) is 2.59. The zero-order chi connectivity index (χ0) is 18.3.